The Balaban J connectivity index is 1.90. The van der Waals surface area contributed by atoms with Crippen molar-refractivity contribution in [1.82, 2.24) is 10.2 Å². The first-order valence-electron chi connectivity index (χ1n) is 6.45. The van der Waals surface area contributed by atoms with E-state index in [0.717, 1.165) is 32.6 Å². The fourth-order valence-electron chi connectivity index (χ4n) is 1.70. The van der Waals surface area contributed by atoms with E-state index in [1.807, 2.05) is 11.8 Å². The third-order valence-electron chi connectivity index (χ3n) is 2.71. The molecule has 0 aromatic rings. The molecular weight excluding hydrogens is 282 g/mol. The number of nitrogens with two attached hydrogens (primary N) is 1. The lowest BCUT2D eigenvalue weighted by Gasteiger charge is -2.25. The number of hydrogen-bond acceptors (Lipinski definition) is 5. The van der Waals surface area contributed by atoms with Gasteiger partial charge in [0.1, 0.15) is 0 Å². The number of carbonyl (C=O) groups is 2. The van der Waals surface area contributed by atoms with Gasteiger partial charge in [0.25, 0.3) is 0 Å². The zero-order valence-corrected chi connectivity index (χ0v) is 12.7. The first kappa shape index (κ1) is 16.7. The van der Waals surface area contributed by atoms with Crippen molar-refractivity contribution in [3.63, 3.8) is 0 Å². The van der Waals surface area contributed by atoms with Crippen LogP contribution in [0, 0.1) is 6.42 Å². The summed E-state index contributed by atoms with van der Waals surface area (Å²) < 4.78 is 0. The summed E-state index contributed by atoms with van der Waals surface area (Å²) in [5, 5.41) is 2.89. The molecule has 1 rings (SSSR count). The monoisotopic (exact) mass is 304 g/mol. The second kappa shape index (κ2) is 10.4. The topological polar surface area (TPSA) is 75.4 Å². The molecule has 1 saturated heterocycles. The highest BCUT2D eigenvalue weighted by molar-refractivity contribution is 8.00. The minimum absolute atomic E-state index is 0.0251. The third-order valence-corrected chi connectivity index (χ3v) is 4.52. The molecule has 3 N–H and O–H groups in total. The van der Waals surface area contributed by atoms with Crippen LogP contribution >= 0.6 is 23.5 Å². The van der Waals surface area contributed by atoms with Crippen LogP contribution in [0.1, 0.15) is 6.42 Å². The minimum Gasteiger partial charge on any atom is -0.369 e. The summed E-state index contributed by atoms with van der Waals surface area (Å²) >= 11 is 3.40. The van der Waals surface area contributed by atoms with Crippen LogP contribution in [0.3, 0.4) is 0 Å². The van der Waals surface area contributed by atoms with E-state index in [-0.39, 0.29) is 5.91 Å². The molecule has 1 radical (unpaired) electrons. The highest BCUT2D eigenvalue weighted by atomic mass is 32.2. The second-order valence-corrected chi connectivity index (χ2v) is 6.53. The molecule has 1 heterocycles. The molecule has 0 bridgehead atoms. The number of carbonyl (C=O) groups excluding carboxylic acids is 2. The van der Waals surface area contributed by atoms with Gasteiger partial charge in [-0.15, -0.1) is 0 Å². The van der Waals surface area contributed by atoms with E-state index in [2.05, 4.69) is 10.2 Å². The van der Waals surface area contributed by atoms with E-state index in [1.165, 1.54) is 29.7 Å². The Bertz CT molecular complexity index is 284. The molecule has 1 fully saturated rings. The summed E-state index contributed by atoms with van der Waals surface area (Å²) in [6.45, 7) is 4.11. The van der Waals surface area contributed by atoms with Crippen molar-refractivity contribution in [2.75, 3.05) is 49.2 Å². The first-order valence-corrected chi connectivity index (χ1v) is 8.76. The molecule has 0 atom stereocenters. The van der Waals surface area contributed by atoms with E-state index in [0.29, 0.717) is 11.5 Å². The Morgan fingerprint density at radius 3 is 2.79 bits per heavy atom. The maximum Gasteiger partial charge on any atom is 0.229 e. The number of rotatable bonds is 9. The molecule has 7 heteroatoms. The maximum absolute atomic E-state index is 11.5. The van der Waals surface area contributed by atoms with Crippen molar-refractivity contribution in [1.29, 1.82) is 0 Å². The molecule has 2 amide bonds. The predicted octanol–water partition coefficient (Wildman–Crippen LogP) is -0.0357. The molecular formula is C12H22N3O2S2. The molecule has 0 aliphatic carbocycles. The summed E-state index contributed by atoms with van der Waals surface area (Å²) in [7, 11) is 0. The molecule has 0 aromatic heterocycles. The van der Waals surface area contributed by atoms with Crippen LogP contribution in [0.5, 0.6) is 0 Å². The van der Waals surface area contributed by atoms with Gasteiger partial charge in [-0.1, -0.05) is 0 Å². The fraction of sp³-hybridized carbons (Fsp3) is 0.750. The van der Waals surface area contributed by atoms with Gasteiger partial charge in [0.2, 0.25) is 11.8 Å². The Hall–Kier alpha value is -0.400. The van der Waals surface area contributed by atoms with Crippen LogP contribution in [0.2, 0.25) is 0 Å². The van der Waals surface area contributed by atoms with Gasteiger partial charge in [-0.3, -0.25) is 9.59 Å². The molecule has 0 aromatic carbocycles. The highest BCUT2D eigenvalue weighted by Crippen LogP contribution is 2.08. The van der Waals surface area contributed by atoms with Crippen LogP contribution in [-0.2, 0) is 9.59 Å². The van der Waals surface area contributed by atoms with Crippen molar-refractivity contribution in [3.8, 4) is 0 Å². The van der Waals surface area contributed by atoms with Gasteiger partial charge >= 0.3 is 0 Å². The fourth-order valence-corrected chi connectivity index (χ4v) is 3.37. The first-order chi connectivity index (χ1) is 9.18. The van der Waals surface area contributed by atoms with E-state index < -0.39 is 5.91 Å². The van der Waals surface area contributed by atoms with Crippen LogP contribution in [-0.4, -0.2) is 65.9 Å². The maximum atomic E-state index is 11.5. The van der Waals surface area contributed by atoms with Crippen LogP contribution in [0.4, 0.5) is 0 Å². The van der Waals surface area contributed by atoms with Gasteiger partial charge in [0.05, 0.1) is 12.2 Å². The van der Waals surface area contributed by atoms with E-state index in [4.69, 9.17) is 5.73 Å². The lowest BCUT2D eigenvalue weighted by atomic mass is 10.3. The SMILES string of the molecule is NC(=O)[CH]CSCC(=O)NCCCN1CCSCC1. The quantitative estimate of drug-likeness (QED) is 0.585. The van der Waals surface area contributed by atoms with Crippen LogP contribution < -0.4 is 11.1 Å². The Morgan fingerprint density at radius 1 is 1.37 bits per heavy atom. The summed E-state index contributed by atoms with van der Waals surface area (Å²) in [6, 6.07) is 0. The molecule has 0 spiro atoms. The van der Waals surface area contributed by atoms with E-state index >= 15 is 0 Å². The number of amides is 2. The van der Waals surface area contributed by atoms with Gasteiger partial charge in [0, 0.05) is 36.9 Å². The Labute approximate surface area is 123 Å². The molecule has 19 heavy (non-hydrogen) atoms. The van der Waals surface area contributed by atoms with Crippen molar-refractivity contribution in [2.24, 2.45) is 5.73 Å². The van der Waals surface area contributed by atoms with Crippen molar-refractivity contribution in [3.05, 3.63) is 6.42 Å². The van der Waals surface area contributed by atoms with E-state index in [9.17, 15) is 9.59 Å². The molecule has 109 valence electrons. The average molecular weight is 304 g/mol. The standard InChI is InChI=1S/C12H22N3O2S2/c13-11(16)2-7-19-10-12(17)14-3-1-4-15-5-8-18-9-6-15/h2H,1,3-10H2,(H2,13,16)(H,14,17). The number of thioether (sulfide) groups is 2. The zero-order chi connectivity index (χ0) is 13.9. The molecule has 1 aliphatic heterocycles. The number of nitrogens with zero attached hydrogens (tertiary/aromatic N) is 1. The van der Waals surface area contributed by atoms with Gasteiger partial charge in [-0.05, 0) is 13.0 Å². The van der Waals surface area contributed by atoms with Crippen molar-refractivity contribution >= 4 is 35.3 Å². The van der Waals surface area contributed by atoms with E-state index in [1.54, 1.807) is 0 Å². The second-order valence-electron chi connectivity index (χ2n) is 4.28. The van der Waals surface area contributed by atoms with Crippen LogP contribution in [0.25, 0.3) is 0 Å². The summed E-state index contributed by atoms with van der Waals surface area (Å²) in [4.78, 5) is 24.4. The van der Waals surface area contributed by atoms with Gasteiger partial charge in [-0.2, -0.15) is 23.5 Å². The third kappa shape index (κ3) is 9.18. The van der Waals surface area contributed by atoms with Crippen molar-refractivity contribution in [2.45, 2.75) is 6.42 Å². The lowest BCUT2D eigenvalue weighted by molar-refractivity contribution is -0.118. The van der Waals surface area contributed by atoms with Crippen LogP contribution in [0.15, 0.2) is 0 Å². The summed E-state index contributed by atoms with van der Waals surface area (Å²) in [5.74, 6) is 2.90. The van der Waals surface area contributed by atoms with Gasteiger partial charge in [-0.25, -0.2) is 0 Å². The summed E-state index contributed by atoms with van der Waals surface area (Å²) in [5.41, 5.74) is 4.96. The van der Waals surface area contributed by atoms with Gasteiger partial charge < -0.3 is 16.0 Å². The largest absolute Gasteiger partial charge is 0.369 e. The molecule has 0 unspecified atom stereocenters. The zero-order valence-electron chi connectivity index (χ0n) is 11.1. The minimum atomic E-state index is -0.437. The molecule has 5 nitrogen and oxygen atoms in total. The Kier molecular flexibility index (Phi) is 9.11. The number of hydrogen-bond donors (Lipinski definition) is 2. The number of primary amides is 1. The number of nitrogens with one attached hydrogen (secondary N) is 1. The predicted molar refractivity (Wildman–Crippen MR) is 82.2 cm³/mol. The van der Waals surface area contributed by atoms with Gasteiger partial charge in [0.15, 0.2) is 0 Å². The van der Waals surface area contributed by atoms with Crippen molar-refractivity contribution < 1.29 is 9.59 Å². The molecule has 1 aliphatic rings. The molecule has 0 saturated carbocycles. The lowest BCUT2D eigenvalue weighted by Crippen LogP contribution is -2.35. The normalized spacial score (nSPS) is 16.2. The summed E-state index contributed by atoms with van der Waals surface area (Å²) in [6.07, 6.45) is 2.38. The Morgan fingerprint density at radius 2 is 2.11 bits per heavy atom. The smallest absolute Gasteiger partial charge is 0.229 e. The highest BCUT2D eigenvalue weighted by Gasteiger charge is 2.09. The average Bonchev–Trinajstić information content (AvgIpc) is 2.41.